The van der Waals surface area contributed by atoms with Crippen LogP contribution in [0.5, 0.6) is 0 Å². The molecule has 14 nitrogen and oxygen atoms in total. The van der Waals surface area contributed by atoms with Crippen molar-refractivity contribution >= 4 is 31.4 Å². The quantitative estimate of drug-likeness (QED) is 0.440. The number of ether oxygens (including phenoxy) is 1. The SMILES string of the molecule is CC(=O)OP(=O)(O)N(CC1CN(c2ccc(-c3ccc(-c4nnn(C)n4)nc3)c(F)c2)C(=O)O1)C(C)=O. The number of anilines is 1. The van der Waals surface area contributed by atoms with Gasteiger partial charge in [0.2, 0.25) is 11.7 Å². The number of hydrogen-bond acceptors (Lipinski definition) is 10. The second-order valence-corrected chi connectivity index (χ2v) is 9.64. The molecule has 0 bridgehead atoms. The van der Waals surface area contributed by atoms with E-state index in [2.05, 4.69) is 24.9 Å². The van der Waals surface area contributed by atoms with Crippen LogP contribution in [-0.2, 0) is 30.5 Å². The van der Waals surface area contributed by atoms with Crippen molar-refractivity contribution in [3.63, 3.8) is 0 Å². The first-order valence-corrected chi connectivity index (χ1v) is 12.3. The molecule has 0 spiro atoms. The number of aromatic nitrogens is 5. The number of pyridine rings is 1. The minimum atomic E-state index is -4.80. The molecule has 1 aliphatic rings. The van der Waals surface area contributed by atoms with Crippen molar-refractivity contribution in [1.82, 2.24) is 29.9 Å². The second-order valence-electron chi connectivity index (χ2n) is 7.99. The smallest absolute Gasteiger partial charge is 0.442 e. The third-order valence-corrected chi connectivity index (χ3v) is 6.79. The average molecular weight is 533 g/mol. The predicted molar refractivity (Wildman–Crippen MR) is 124 cm³/mol. The van der Waals surface area contributed by atoms with Crippen molar-refractivity contribution in [2.45, 2.75) is 20.0 Å². The van der Waals surface area contributed by atoms with E-state index in [1.165, 1.54) is 23.1 Å². The summed E-state index contributed by atoms with van der Waals surface area (Å²) in [6.07, 6.45) is -0.429. The molecule has 194 valence electrons. The first-order valence-electron chi connectivity index (χ1n) is 10.7. The molecule has 1 aliphatic heterocycles. The Morgan fingerprint density at radius 2 is 2.05 bits per heavy atom. The molecule has 0 aliphatic carbocycles. The van der Waals surface area contributed by atoms with Crippen LogP contribution in [0.4, 0.5) is 14.9 Å². The standard InChI is InChI=1S/C21H21FN7O7P/c1-12(30)29(37(33,34)36-13(2)31)11-16-10-28(21(32)35-16)15-5-6-17(18(22)8-15)14-4-7-19(23-9-14)20-24-26-27(3)25-20/h4-9,16H,10-11H2,1-3H3,(H,33,34). The van der Waals surface area contributed by atoms with Gasteiger partial charge < -0.3 is 9.26 Å². The van der Waals surface area contributed by atoms with E-state index in [1.807, 2.05) is 0 Å². The highest BCUT2D eigenvalue weighted by Crippen LogP contribution is 2.47. The highest BCUT2D eigenvalue weighted by Gasteiger charge is 2.41. The van der Waals surface area contributed by atoms with E-state index in [1.54, 1.807) is 19.2 Å². The van der Waals surface area contributed by atoms with Crippen LogP contribution in [0, 0.1) is 5.82 Å². The van der Waals surface area contributed by atoms with Gasteiger partial charge in [-0.3, -0.25) is 24.4 Å². The molecule has 1 fully saturated rings. The van der Waals surface area contributed by atoms with Crippen LogP contribution < -0.4 is 4.90 Å². The van der Waals surface area contributed by atoms with Gasteiger partial charge in [-0.2, -0.15) is 4.80 Å². The van der Waals surface area contributed by atoms with E-state index in [9.17, 15) is 23.8 Å². The van der Waals surface area contributed by atoms with Crippen LogP contribution in [0.25, 0.3) is 22.6 Å². The lowest BCUT2D eigenvalue weighted by Gasteiger charge is -2.26. The normalized spacial score (nSPS) is 16.7. The van der Waals surface area contributed by atoms with Gasteiger partial charge in [-0.25, -0.2) is 18.4 Å². The number of cyclic esters (lactones) is 1. The molecule has 16 heteroatoms. The molecule has 37 heavy (non-hydrogen) atoms. The van der Waals surface area contributed by atoms with Crippen LogP contribution in [-0.4, -0.2) is 71.9 Å². The van der Waals surface area contributed by atoms with Crippen molar-refractivity contribution in [2.24, 2.45) is 7.05 Å². The second kappa shape index (κ2) is 10.0. The Balaban J connectivity index is 1.49. The van der Waals surface area contributed by atoms with Crippen molar-refractivity contribution in [3.8, 4) is 22.6 Å². The largest absolute Gasteiger partial charge is 0.490 e. The number of carbonyl (C=O) groups excluding carboxylic acids is 3. The molecule has 1 aromatic carbocycles. The molecule has 2 unspecified atom stereocenters. The van der Waals surface area contributed by atoms with Crippen molar-refractivity contribution in [2.75, 3.05) is 18.0 Å². The molecule has 2 aromatic heterocycles. The summed E-state index contributed by atoms with van der Waals surface area (Å²) in [6.45, 7) is 1.25. The molecular weight excluding hydrogens is 512 g/mol. The molecule has 0 saturated carbocycles. The Morgan fingerprint density at radius 3 is 2.62 bits per heavy atom. The van der Waals surface area contributed by atoms with Gasteiger partial charge in [0.05, 0.1) is 25.8 Å². The number of amides is 2. The third kappa shape index (κ3) is 5.62. The fourth-order valence-electron chi connectivity index (χ4n) is 3.62. The predicted octanol–water partition coefficient (Wildman–Crippen LogP) is 1.92. The number of carbonyl (C=O) groups is 3. The summed E-state index contributed by atoms with van der Waals surface area (Å²) in [4.78, 5) is 52.1. The Kier molecular flexibility index (Phi) is 7.01. The van der Waals surface area contributed by atoms with E-state index < -0.39 is 44.2 Å². The van der Waals surface area contributed by atoms with Gasteiger partial charge in [-0.1, -0.05) is 6.07 Å². The number of benzene rings is 1. The Labute approximate surface area is 209 Å². The van der Waals surface area contributed by atoms with Crippen LogP contribution in [0.1, 0.15) is 13.8 Å². The average Bonchev–Trinajstić information content (AvgIpc) is 3.41. The summed E-state index contributed by atoms with van der Waals surface area (Å²) in [5, 5.41) is 11.7. The van der Waals surface area contributed by atoms with Gasteiger partial charge in [0.15, 0.2) is 0 Å². The van der Waals surface area contributed by atoms with Gasteiger partial charge in [0.1, 0.15) is 17.6 Å². The minimum absolute atomic E-state index is 0.150. The fraction of sp³-hybridized carbons (Fsp3) is 0.286. The van der Waals surface area contributed by atoms with Crippen LogP contribution in [0.2, 0.25) is 0 Å². The highest BCUT2D eigenvalue weighted by molar-refractivity contribution is 7.51. The first-order chi connectivity index (χ1) is 17.4. The number of rotatable bonds is 7. The number of aryl methyl sites for hydroxylation is 1. The zero-order chi connectivity index (χ0) is 26.9. The van der Waals surface area contributed by atoms with E-state index in [-0.39, 0.29) is 17.8 Å². The summed E-state index contributed by atoms with van der Waals surface area (Å²) in [7, 11) is -3.18. The number of nitrogens with zero attached hydrogens (tertiary/aromatic N) is 7. The van der Waals surface area contributed by atoms with E-state index in [0.29, 0.717) is 21.8 Å². The van der Waals surface area contributed by atoms with Gasteiger partial charge in [-0.05, 0) is 29.5 Å². The van der Waals surface area contributed by atoms with Crippen molar-refractivity contribution in [3.05, 3.63) is 42.3 Å². The summed E-state index contributed by atoms with van der Waals surface area (Å²) in [5.74, 6) is -2.25. The Hall–Kier alpha value is -4.23. The van der Waals surface area contributed by atoms with Crippen molar-refractivity contribution in [1.29, 1.82) is 0 Å². The molecule has 1 saturated heterocycles. The number of hydrogen-bond donors (Lipinski definition) is 1. The first kappa shape index (κ1) is 25.9. The summed E-state index contributed by atoms with van der Waals surface area (Å²) in [6, 6.07) is 7.36. The molecule has 3 heterocycles. The molecule has 4 rings (SSSR count). The van der Waals surface area contributed by atoms with Gasteiger partial charge in [-0.15, -0.1) is 10.2 Å². The lowest BCUT2D eigenvalue weighted by atomic mass is 10.1. The third-order valence-electron chi connectivity index (χ3n) is 5.24. The van der Waals surface area contributed by atoms with E-state index in [0.717, 1.165) is 24.8 Å². The molecule has 1 N–H and O–H groups in total. The van der Waals surface area contributed by atoms with Gasteiger partial charge >= 0.3 is 19.8 Å². The Morgan fingerprint density at radius 1 is 1.30 bits per heavy atom. The van der Waals surface area contributed by atoms with Crippen LogP contribution in [0.15, 0.2) is 36.5 Å². The maximum atomic E-state index is 15.0. The van der Waals surface area contributed by atoms with Crippen LogP contribution >= 0.6 is 7.75 Å². The maximum Gasteiger partial charge on any atom is 0.490 e. The van der Waals surface area contributed by atoms with E-state index >= 15 is 4.39 Å². The molecule has 3 aromatic rings. The summed E-state index contributed by atoms with van der Waals surface area (Å²) < 4.78 is 37.3. The monoisotopic (exact) mass is 533 g/mol. The zero-order valence-electron chi connectivity index (χ0n) is 19.8. The van der Waals surface area contributed by atoms with Gasteiger partial charge in [0, 0.05) is 31.2 Å². The number of halogens is 1. The van der Waals surface area contributed by atoms with Crippen molar-refractivity contribution < 1.29 is 37.5 Å². The zero-order valence-corrected chi connectivity index (χ0v) is 20.7. The van der Waals surface area contributed by atoms with Crippen LogP contribution in [0.3, 0.4) is 0 Å². The maximum absolute atomic E-state index is 15.0. The lowest BCUT2D eigenvalue weighted by molar-refractivity contribution is -0.134. The topological polar surface area (TPSA) is 170 Å². The Bertz CT molecular complexity index is 1410. The molecular formula is C21H21FN7O7P. The fourth-order valence-corrected chi connectivity index (χ4v) is 4.80. The summed E-state index contributed by atoms with van der Waals surface area (Å²) >= 11 is 0. The molecule has 0 radical (unpaired) electrons. The minimum Gasteiger partial charge on any atom is -0.442 e. The number of tetrazole rings is 1. The molecule has 2 atom stereocenters. The summed E-state index contributed by atoms with van der Waals surface area (Å²) in [5.41, 5.74) is 1.33. The van der Waals surface area contributed by atoms with Gasteiger partial charge in [0.25, 0.3) is 0 Å². The molecule has 2 amide bonds. The van der Waals surface area contributed by atoms with E-state index in [4.69, 9.17) is 4.74 Å². The lowest BCUT2D eigenvalue weighted by Crippen LogP contribution is -2.36. The highest BCUT2D eigenvalue weighted by atomic mass is 31.2.